The van der Waals surface area contributed by atoms with Gasteiger partial charge < -0.3 is 15.5 Å². The van der Waals surface area contributed by atoms with E-state index in [4.69, 9.17) is 10.2 Å². The van der Waals surface area contributed by atoms with E-state index in [-0.39, 0.29) is 23.8 Å². The van der Waals surface area contributed by atoms with Crippen LogP contribution in [0.15, 0.2) is 18.2 Å². The SMILES string of the molecule is CCCC(CCO)CNC(=O)c1ccc(O)cc1F. The average Bonchev–Trinajstić information content (AvgIpc) is 2.36. The Hall–Kier alpha value is -1.62. The van der Waals surface area contributed by atoms with E-state index in [1.807, 2.05) is 6.92 Å². The molecule has 1 aromatic carbocycles. The summed E-state index contributed by atoms with van der Waals surface area (Å²) in [6, 6.07) is 3.43. The van der Waals surface area contributed by atoms with E-state index in [1.54, 1.807) is 0 Å². The molecule has 0 fully saturated rings. The molecule has 1 amide bonds. The zero-order valence-electron chi connectivity index (χ0n) is 11.0. The largest absolute Gasteiger partial charge is 0.508 e. The first-order chi connectivity index (χ1) is 9.08. The number of aliphatic hydroxyl groups is 1. The van der Waals surface area contributed by atoms with Crippen molar-refractivity contribution in [2.24, 2.45) is 5.92 Å². The van der Waals surface area contributed by atoms with Gasteiger partial charge in [0, 0.05) is 19.2 Å². The summed E-state index contributed by atoms with van der Waals surface area (Å²) in [6.45, 7) is 2.52. The maximum atomic E-state index is 13.5. The number of hydrogen-bond acceptors (Lipinski definition) is 3. The number of rotatable bonds is 7. The van der Waals surface area contributed by atoms with Gasteiger partial charge in [0.15, 0.2) is 0 Å². The Kier molecular flexibility index (Phi) is 6.29. The highest BCUT2D eigenvalue weighted by molar-refractivity contribution is 5.94. The van der Waals surface area contributed by atoms with Crippen molar-refractivity contribution in [1.82, 2.24) is 5.32 Å². The third-order valence-corrected chi connectivity index (χ3v) is 2.98. The summed E-state index contributed by atoms with van der Waals surface area (Å²) in [6.07, 6.45) is 2.49. The lowest BCUT2D eigenvalue weighted by Crippen LogP contribution is -2.30. The Morgan fingerprint density at radius 1 is 1.42 bits per heavy atom. The van der Waals surface area contributed by atoms with Crippen molar-refractivity contribution in [2.75, 3.05) is 13.2 Å². The first-order valence-electron chi connectivity index (χ1n) is 6.46. The molecule has 0 aliphatic rings. The smallest absolute Gasteiger partial charge is 0.254 e. The number of hydrogen-bond donors (Lipinski definition) is 3. The molecular formula is C14H20FNO3. The Bertz CT molecular complexity index is 417. The summed E-state index contributed by atoms with van der Waals surface area (Å²) in [4.78, 5) is 11.8. The molecule has 0 aromatic heterocycles. The predicted octanol–water partition coefficient (Wildman–Crippen LogP) is 2.06. The van der Waals surface area contributed by atoms with Gasteiger partial charge in [-0.25, -0.2) is 4.39 Å². The first-order valence-corrected chi connectivity index (χ1v) is 6.46. The summed E-state index contributed by atoms with van der Waals surface area (Å²) < 4.78 is 13.5. The van der Waals surface area contributed by atoms with Crippen molar-refractivity contribution in [3.8, 4) is 5.75 Å². The van der Waals surface area contributed by atoms with Gasteiger partial charge in [-0.05, 0) is 30.9 Å². The lowest BCUT2D eigenvalue weighted by atomic mass is 10.00. The van der Waals surface area contributed by atoms with E-state index in [1.165, 1.54) is 12.1 Å². The first kappa shape index (κ1) is 15.4. The molecule has 3 N–H and O–H groups in total. The average molecular weight is 269 g/mol. The number of phenols is 1. The highest BCUT2D eigenvalue weighted by Crippen LogP contribution is 2.15. The summed E-state index contributed by atoms with van der Waals surface area (Å²) in [7, 11) is 0. The van der Waals surface area contributed by atoms with Crippen LogP contribution in [0.1, 0.15) is 36.5 Å². The van der Waals surface area contributed by atoms with Crippen molar-refractivity contribution in [1.29, 1.82) is 0 Å². The molecule has 0 saturated carbocycles. The molecule has 1 aromatic rings. The van der Waals surface area contributed by atoms with Gasteiger partial charge in [0.1, 0.15) is 11.6 Å². The molecule has 19 heavy (non-hydrogen) atoms. The molecule has 0 aliphatic carbocycles. The van der Waals surface area contributed by atoms with Gasteiger partial charge in [-0.3, -0.25) is 4.79 Å². The Morgan fingerprint density at radius 3 is 2.74 bits per heavy atom. The van der Waals surface area contributed by atoms with Gasteiger partial charge in [-0.1, -0.05) is 13.3 Å². The molecule has 1 rings (SSSR count). The van der Waals surface area contributed by atoms with Crippen molar-refractivity contribution in [2.45, 2.75) is 26.2 Å². The van der Waals surface area contributed by atoms with Crippen LogP contribution in [-0.4, -0.2) is 29.3 Å². The van der Waals surface area contributed by atoms with Crippen LogP contribution in [0, 0.1) is 11.7 Å². The van der Waals surface area contributed by atoms with Gasteiger partial charge in [0.05, 0.1) is 5.56 Å². The molecular weight excluding hydrogens is 249 g/mol. The Labute approximate surface area is 112 Å². The summed E-state index contributed by atoms with van der Waals surface area (Å²) in [5.41, 5.74) is -0.0861. The maximum Gasteiger partial charge on any atom is 0.254 e. The van der Waals surface area contributed by atoms with E-state index < -0.39 is 11.7 Å². The monoisotopic (exact) mass is 269 g/mol. The van der Waals surface area contributed by atoms with E-state index in [2.05, 4.69) is 5.32 Å². The van der Waals surface area contributed by atoms with Crippen LogP contribution >= 0.6 is 0 Å². The van der Waals surface area contributed by atoms with E-state index in [9.17, 15) is 9.18 Å². The molecule has 4 nitrogen and oxygen atoms in total. The molecule has 0 heterocycles. The van der Waals surface area contributed by atoms with E-state index in [0.717, 1.165) is 18.9 Å². The Balaban J connectivity index is 2.58. The fourth-order valence-electron chi connectivity index (χ4n) is 1.96. The molecule has 0 radical (unpaired) electrons. The molecule has 0 saturated heterocycles. The molecule has 5 heteroatoms. The van der Waals surface area contributed by atoms with Gasteiger partial charge >= 0.3 is 0 Å². The summed E-state index contributed by atoms with van der Waals surface area (Å²) in [5, 5.41) is 20.7. The van der Waals surface area contributed by atoms with Crippen LogP contribution < -0.4 is 5.32 Å². The molecule has 0 bridgehead atoms. The highest BCUT2D eigenvalue weighted by Gasteiger charge is 2.14. The highest BCUT2D eigenvalue weighted by atomic mass is 19.1. The van der Waals surface area contributed by atoms with Gasteiger partial charge in [-0.2, -0.15) is 0 Å². The molecule has 1 atom stereocenters. The third kappa shape index (κ3) is 4.87. The Morgan fingerprint density at radius 2 is 2.16 bits per heavy atom. The van der Waals surface area contributed by atoms with Gasteiger partial charge in [-0.15, -0.1) is 0 Å². The maximum absolute atomic E-state index is 13.5. The standard InChI is InChI=1S/C14H20FNO3/c1-2-3-10(6-7-17)9-16-14(19)12-5-4-11(18)8-13(12)15/h4-5,8,10,17-18H,2-3,6-7,9H2,1H3,(H,16,19). The quantitative estimate of drug-likeness (QED) is 0.709. The van der Waals surface area contributed by atoms with E-state index >= 15 is 0 Å². The summed E-state index contributed by atoms with van der Waals surface area (Å²) >= 11 is 0. The number of aliphatic hydroxyl groups excluding tert-OH is 1. The molecule has 0 aliphatic heterocycles. The second-order valence-electron chi connectivity index (χ2n) is 4.54. The zero-order valence-corrected chi connectivity index (χ0v) is 11.0. The molecule has 106 valence electrons. The van der Waals surface area contributed by atoms with Crippen molar-refractivity contribution in [3.63, 3.8) is 0 Å². The molecule has 0 spiro atoms. The van der Waals surface area contributed by atoms with Crippen LogP contribution in [0.5, 0.6) is 5.75 Å². The van der Waals surface area contributed by atoms with Crippen molar-refractivity contribution < 1.29 is 19.4 Å². The van der Waals surface area contributed by atoms with Gasteiger partial charge in [0.25, 0.3) is 5.91 Å². The fourth-order valence-corrected chi connectivity index (χ4v) is 1.96. The fraction of sp³-hybridized carbons (Fsp3) is 0.500. The van der Waals surface area contributed by atoms with Crippen LogP contribution in [-0.2, 0) is 0 Å². The third-order valence-electron chi connectivity index (χ3n) is 2.98. The van der Waals surface area contributed by atoms with Gasteiger partial charge in [0.2, 0.25) is 0 Å². The number of amides is 1. The normalized spacial score (nSPS) is 12.2. The number of benzene rings is 1. The minimum atomic E-state index is -0.744. The van der Waals surface area contributed by atoms with Crippen molar-refractivity contribution >= 4 is 5.91 Å². The number of carbonyl (C=O) groups is 1. The number of nitrogens with one attached hydrogen (secondary N) is 1. The van der Waals surface area contributed by atoms with Crippen LogP contribution in [0.2, 0.25) is 0 Å². The number of carbonyl (C=O) groups excluding carboxylic acids is 1. The van der Waals surface area contributed by atoms with Crippen LogP contribution in [0.4, 0.5) is 4.39 Å². The minimum absolute atomic E-state index is 0.0775. The second-order valence-corrected chi connectivity index (χ2v) is 4.54. The lowest BCUT2D eigenvalue weighted by molar-refractivity contribution is 0.0939. The lowest BCUT2D eigenvalue weighted by Gasteiger charge is -2.15. The topological polar surface area (TPSA) is 69.6 Å². The zero-order chi connectivity index (χ0) is 14.3. The number of halogens is 1. The van der Waals surface area contributed by atoms with Crippen molar-refractivity contribution in [3.05, 3.63) is 29.6 Å². The molecule has 1 unspecified atom stereocenters. The van der Waals surface area contributed by atoms with E-state index in [0.29, 0.717) is 13.0 Å². The number of phenolic OH excluding ortho intramolecular Hbond substituents is 1. The minimum Gasteiger partial charge on any atom is -0.508 e. The number of aromatic hydroxyl groups is 1. The summed E-state index contributed by atoms with van der Waals surface area (Å²) in [5.74, 6) is -1.26. The van der Waals surface area contributed by atoms with Crippen LogP contribution in [0.25, 0.3) is 0 Å². The second kappa shape index (κ2) is 7.74. The van der Waals surface area contributed by atoms with Crippen LogP contribution in [0.3, 0.4) is 0 Å². The predicted molar refractivity (Wildman–Crippen MR) is 70.5 cm³/mol.